The molecule has 0 aliphatic rings. The van der Waals surface area contributed by atoms with Crippen LogP contribution in [0.4, 0.5) is 14.5 Å². The number of nitrogens with one attached hydrogen (secondary N) is 1. The number of rotatable bonds is 4. The van der Waals surface area contributed by atoms with Crippen LogP contribution in [0.15, 0.2) is 79.0 Å². The molecule has 31 heavy (non-hydrogen) atoms. The number of carbonyl (C=O) groups is 1. The van der Waals surface area contributed by atoms with Crippen LogP contribution in [0.2, 0.25) is 0 Å². The predicted molar refractivity (Wildman–Crippen MR) is 118 cm³/mol. The van der Waals surface area contributed by atoms with Crippen molar-refractivity contribution in [2.45, 2.75) is 6.54 Å². The summed E-state index contributed by atoms with van der Waals surface area (Å²) in [5.41, 5.74) is 3.44. The molecule has 3 aromatic carbocycles. The maximum Gasteiger partial charge on any atom is 0.272 e. The van der Waals surface area contributed by atoms with Crippen LogP contribution < -0.4 is 5.32 Å². The second-order valence-corrected chi connectivity index (χ2v) is 7.60. The van der Waals surface area contributed by atoms with Crippen LogP contribution >= 0.6 is 0 Å². The van der Waals surface area contributed by atoms with E-state index in [4.69, 9.17) is 0 Å². The summed E-state index contributed by atoms with van der Waals surface area (Å²) in [5, 5.41) is 4.63. The van der Waals surface area contributed by atoms with E-state index in [0.717, 1.165) is 10.9 Å². The number of halogens is 2. The number of fused-ring (bicyclic) bond motifs is 2. The third-order valence-electron chi connectivity index (χ3n) is 5.47. The van der Waals surface area contributed by atoms with Crippen molar-refractivity contribution in [1.29, 1.82) is 0 Å². The monoisotopic (exact) mass is 415 g/mol. The van der Waals surface area contributed by atoms with Crippen LogP contribution in [0.25, 0.3) is 21.8 Å². The molecule has 1 N–H and O–H groups in total. The molecule has 0 atom stereocenters. The number of nitrogens with zero attached hydrogens (tertiary/aromatic N) is 2. The molecule has 2 aromatic heterocycles. The van der Waals surface area contributed by atoms with Crippen molar-refractivity contribution >= 4 is 33.4 Å². The van der Waals surface area contributed by atoms with E-state index in [1.807, 2.05) is 42.1 Å². The van der Waals surface area contributed by atoms with Gasteiger partial charge < -0.3 is 14.5 Å². The summed E-state index contributed by atoms with van der Waals surface area (Å²) in [4.78, 5) is 13.2. The van der Waals surface area contributed by atoms with Crippen LogP contribution in [0.1, 0.15) is 16.1 Å². The number of aromatic nitrogens is 2. The normalized spacial score (nSPS) is 11.3. The molecule has 4 nitrogen and oxygen atoms in total. The summed E-state index contributed by atoms with van der Waals surface area (Å²) < 4.78 is 31.3. The zero-order valence-corrected chi connectivity index (χ0v) is 16.8. The Hall–Kier alpha value is -3.93. The van der Waals surface area contributed by atoms with Crippen molar-refractivity contribution in [3.8, 4) is 0 Å². The summed E-state index contributed by atoms with van der Waals surface area (Å²) in [7, 11) is 1.94. The fraction of sp³-hybridized carbons (Fsp3) is 0.0800. The highest BCUT2D eigenvalue weighted by Gasteiger charge is 2.17. The van der Waals surface area contributed by atoms with E-state index < -0.39 is 0 Å². The van der Waals surface area contributed by atoms with Gasteiger partial charge >= 0.3 is 0 Å². The van der Waals surface area contributed by atoms with Crippen LogP contribution in [0.3, 0.4) is 0 Å². The zero-order valence-electron chi connectivity index (χ0n) is 16.8. The van der Waals surface area contributed by atoms with Gasteiger partial charge in [0, 0.05) is 41.9 Å². The first-order chi connectivity index (χ1) is 15.0. The average molecular weight is 415 g/mol. The van der Waals surface area contributed by atoms with E-state index in [1.54, 1.807) is 28.8 Å². The Balaban J connectivity index is 1.55. The molecule has 0 radical (unpaired) electrons. The predicted octanol–water partition coefficient (Wildman–Crippen LogP) is 5.71. The van der Waals surface area contributed by atoms with Gasteiger partial charge in [-0.2, -0.15) is 0 Å². The minimum absolute atomic E-state index is 0.284. The highest BCUT2D eigenvalue weighted by atomic mass is 19.1. The van der Waals surface area contributed by atoms with Crippen LogP contribution in [-0.4, -0.2) is 15.0 Å². The molecule has 5 aromatic rings. The SMILES string of the molecule is Cn1ccc2ccc(NC(=O)c3cc4cc(F)ccc4n3Cc3cccc(F)c3)cc21. The Kier molecular flexibility index (Phi) is 4.55. The summed E-state index contributed by atoms with van der Waals surface area (Å²) in [6.07, 6.45) is 1.96. The van der Waals surface area contributed by atoms with Crippen molar-refractivity contribution in [2.75, 3.05) is 5.32 Å². The first-order valence-corrected chi connectivity index (χ1v) is 9.87. The molecule has 0 aliphatic heterocycles. The minimum Gasteiger partial charge on any atom is -0.350 e. The number of carbonyl (C=O) groups excluding carboxylic acids is 1. The van der Waals surface area contributed by atoms with Gasteiger partial charge in [0.2, 0.25) is 0 Å². The number of aryl methyl sites for hydroxylation is 1. The van der Waals surface area contributed by atoms with Crippen LogP contribution in [0, 0.1) is 11.6 Å². The molecule has 0 spiro atoms. The van der Waals surface area contributed by atoms with Gasteiger partial charge in [-0.1, -0.05) is 18.2 Å². The Bertz CT molecular complexity index is 1450. The van der Waals surface area contributed by atoms with Gasteiger partial charge in [0.1, 0.15) is 17.3 Å². The lowest BCUT2D eigenvalue weighted by atomic mass is 10.2. The first kappa shape index (κ1) is 19.1. The second-order valence-electron chi connectivity index (χ2n) is 7.60. The Morgan fingerprint density at radius 3 is 2.55 bits per heavy atom. The van der Waals surface area contributed by atoms with Gasteiger partial charge in [0.25, 0.3) is 5.91 Å². The summed E-state index contributed by atoms with van der Waals surface area (Å²) in [5.74, 6) is -1.04. The molecule has 0 saturated heterocycles. The molecule has 0 saturated carbocycles. The maximum atomic E-state index is 13.8. The Labute approximate surface area is 177 Å². The van der Waals surface area contributed by atoms with E-state index in [0.29, 0.717) is 27.8 Å². The van der Waals surface area contributed by atoms with E-state index in [2.05, 4.69) is 5.32 Å². The maximum absolute atomic E-state index is 13.8. The van der Waals surface area contributed by atoms with Gasteiger partial charge in [-0.05, 0) is 65.5 Å². The fourth-order valence-corrected chi connectivity index (χ4v) is 3.95. The molecule has 0 bridgehead atoms. The molecular formula is C25H19F2N3O. The third kappa shape index (κ3) is 3.57. The van der Waals surface area contributed by atoms with Crippen molar-refractivity contribution < 1.29 is 13.6 Å². The van der Waals surface area contributed by atoms with Gasteiger partial charge in [0.05, 0.1) is 0 Å². The summed E-state index contributed by atoms with van der Waals surface area (Å²) >= 11 is 0. The van der Waals surface area contributed by atoms with E-state index in [-0.39, 0.29) is 24.1 Å². The molecule has 0 unspecified atom stereocenters. The van der Waals surface area contributed by atoms with E-state index in [1.165, 1.54) is 24.3 Å². The van der Waals surface area contributed by atoms with Crippen LogP contribution in [-0.2, 0) is 13.6 Å². The highest BCUT2D eigenvalue weighted by Crippen LogP contribution is 2.25. The van der Waals surface area contributed by atoms with Gasteiger partial charge in [0.15, 0.2) is 0 Å². The molecule has 154 valence electrons. The molecular weight excluding hydrogens is 396 g/mol. The first-order valence-electron chi connectivity index (χ1n) is 9.87. The standard InChI is InChI=1S/C25H19F2N3O/c1-29-10-9-17-5-7-21(14-23(17)29)28-25(31)24-13-18-12-20(27)6-8-22(18)30(24)15-16-3-2-4-19(26)11-16/h2-14H,15H2,1H3,(H,28,31). The topological polar surface area (TPSA) is 39.0 Å². The quantitative estimate of drug-likeness (QED) is 0.401. The van der Waals surface area contributed by atoms with Crippen molar-refractivity contribution in [3.05, 3.63) is 102 Å². The minimum atomic E-state index is -0.378. The molecule has 5 rings (SSSR count). The second kappa shape index (κ2) is 7.40. The van der Waals surface area contributed by atoms with E-state index in [9.17, 15) is 13.6 Å². The van der Waals surface area contributed by atoms with Gasteiger partial charge in [-0.15, -0.1) is 0 Å². The zero-order chi connectivity index (χ0) is 21.5. The van der Waals surface area contributed by atoms with Crippen LogP contribution in [0.5, 0.6) is 0 Å². The molecule has 0 fully saturated rings. The smallest absolute Gasteiger partial charge is 0.272 e. The summed E-state index contributed by atoms with van der Waals surface area (Å²) in [6.45, 7) is 0.284. The number of anilines is 1. The average Bonchev–Trinajstić information content (AvgIpc) is 3.28. The third-order valence-corrected chi connectivity index (χ3v) is 5.47. The Morgan fingerprint density at radius 1 is 0.871 bits per heavy atom. The molecule has 2 heterocycles. The number of benzene rings is 3. The molecule has 1 amide bonds. The Morgan fingerprint density at radius 2 is 1.71 bits per heavy atom. The van der Waals surface area contributed by atoms with Gasteiger partial charge in [-0.25, -0.2) is 8.78 Å². The largest absolute Gasteiger partial charge is 0.350 e. The van der Waals surface area contributed by atoms with Crippen molar-refractivity contribution in [2.24, 2.45) is 7.05 Å². The molecule has 0 aliphatic carbocycles. The highest BCUT2D eigenvalue weighted by molar-refractivity contribution is 6.07. The number of amides is 1. The van der Waals surface area contributed by atoms with Crippen molar-refractivity contribution in [1.82, 2.24) is 9.13 Å². The molecule has 6 heteroatoms. The lowest BCUT2D eigenvalue weighted by Crippen LogP contribution is -2.17. The van der Waals surface area contributed by atoms with E-state index >= 15 is 0 Å². The summed E-state index contributed by atoms with van der Waals surface area (Å²) in [6, 6.07) is 20.0. The van der Waals surface area contributed by atoms with Gasteiger partial charge in [-0.3, -0.25) is 4.79 Å². The number of hydrogen-bond acceptors (Lipinski definition) is 1. The lowest BCUT2D eigenvalue weighted by Gasteiger charge is -2.12. The number of hydrogen-bond donors (Lipinski definition) is 1. The lowest BCUT2D eigenvalue weighted by molar-refractivity contribution is 0.101. The van der Waals surface area contributed by atoms with Crippen molar-refractivity contribution in [3.63, 3.8) is 0 Å². The fourth-order valence-electron chi connectivity index (χ4n) is 3.95.